The number of nitro benzene ring substituents is 1. The van der Waals surface area contributed by atoms with Gasteiger partial charge in [0.25, 0.3) is 5.69 Å². The Balaban J connectivity index is 2.85. The number of carbonyl (C=O) groups is 2. The van der Waals surface area contributed by atoms with Crippen LogP contribution < -0.4 is 5.73 Å². The van der Waals surface area contributed by atoms with Crippen molar-refractivity contribution in [2.45, 2.75) is 13.3 Å². The normalized spacial score (nSPS) is 13.5. The molecule has 1 aliphatic rings. The fourth-order valence-corrected chi connectivity index (χ4v) is 1.78. The van der Waals surface area contributed by atoms with Crippen LogP contribution in [-0.2, 0) is 11.2 Å². The van der Waals surface area contributed by atoms with E-state index in [2.05, 4.69) is 4.74 Å². The molecule has 7 heteroatoms. The summed E-state index contributed by atoms with van der Waals surface area (Å²) in [5.41, 5.74) is 5.22. The van der Waals surface area contributed by atoms with Crippen LogP contribution in [0.2, 0.25) is 0 Å². The molecule has 2 rings (SSSR count). The summed E-state index contributed by atoms with van der Waals surface area (Å²) in [5.74, 6) is -1.95. The number of fused-ring (bicyclic) bond motifs is 1. The summed E-state index contributed by atoms with van der Waals surface area (Å²) in [4.78, 5) is 32.9. The zero-order valence-electron chi connectivity index (χ0n) is 8.85. The van der Waals surface area contributed by atoms with Gasteiger partial charge in [-0.3, -0.25) is 10.1 Å². The zero-order chi connectivity index (χ0) is 12.7. The van der Waals surface area contributed by atoms with Gasteiger partial charge in [-0.25, -0.2) is 9.59 Å². The molecule has 0 aromatic heterocycles. The number of esters is 2. The topological polar surface area (TPSA) is 113 Å². The number of hydrogen-bond acceptors (Lipinski definition) is 6. The van der Waals surface area contributed by atoms with E-state index in [-0.39, 0.29) is 16.8 Å². The number of aryl methyl sites for hydroxylation is 1. The van der Waals surface area contributed by atoms with E-state index in [1.54, 1.807) is 6.92 Å². The molecule has 0 radical (unpaired) electrons. The van der Waals surface area contributed by atoms with Crippen molar-refractivity contribution >= 4 is 23.3 Å². The minimum atomic E-state index is -1.02. The van der Waals surface area contributed by atoms with Crippen molar-refractivity contribution in [2.75, 3.05) is 5.73 Å². The second-order valence-corrected chi connectivity index (χ2v) is 3.51. The van der Waals surface area contributed by atoms with E-state index in [4.69, 9.17) is 5.73 Å². The van der Waals surface area contributed by atoms with Gasteiger partial charge in [0.1, 0.15) is 5.56 Å². The van der Waals surface area contributed by atoms with Gasteiger partial charge in [-0.2, -0.15) is 0 Å². The number of carbonyl (C=O) groups excluding carboxylic acids is 2. The molecule has 0 saturated heterocycles. The highest BCUT2D eigenvalue weighted by atomic mass is 16.6. The van der Waals surface area contributed by atoms with E-state index in [0.29, 0.717) is 12.0 Å². The van der Waals surface area contributed by atoms with Crippen LogP contribution in [0, 0.1) is 10.1 Å². The fraction of sp³-hybridized carbons (Fsp3) is 0.200. The fourth-order valence-electron chi connectivity index (χ4n) is 1.78. The van der Waals surface area contributed by atoms with Crippen LogP contribution in [0.25, 0.3) is 0 Å². The van der Waals surface area contributed by atoms with E-state index in [1.165, 1.54) is 6.07 Å². The second-order valence-electron chi connectivity index (χ2n) is 3.51. The Hall–Kier alpha value is -2.44. The Kier molecular flexibility index (Phi) is 2.31. The number of nitrogen functional groups attached to an aromatic ring is 1. The molecule has 1 aromatic rings. The summed E-state index contributed by atoms with van der Waals surface area (Å²) >= 11 is 0. The number of benzene rings is 1. The third-order valence-electron chi connectivity index (χ3n) is 2.60. The Labute approximate surface area is 95.3 Å². The summed E-state index contributed by atoms with van der Waals surface area (Å²) in [6, 6.07) is 1.20. The highest BCUT2D eigenvalue weighted by Gasteiger charge is 2.40. The molecule has 0 saturated carbocycles. The van der Waals surface area contributed by atoms with Crippen LogP contribution in [-0.4, -0.2) is 16.9 Å². The predicted molar refractivity (Wildman–Crippen MR) is 56.6 cm³/mol. The smallest absolute Gasteiger partial charge is 0.354 e. The van der Waals surface area contributed by atoms with Crippen molar-refractivity contribution in [1.29, 1.82) is 0 Å². The van der Waals surface area contributed by atoms with E-state index < -0.39 is 22.5 Å². The number of anilines is 1. The molecule has 0 aliphatic carbocycles. The van der Waals surface area contributed by atoms with Gasteiger partial charge in [0.2, 0.25) is 0 Å². The van der Waals surface area contributed by atoms with Gasteiger partial charge in [0.15, 0.2) is 5.56 Å². The number of rotatable bonds is 2. The highest BCUT2D eigenvalue weighted by molar-refractivity contribution is 6.19. The largest absolute Gasteiger partial charge is 0.398 e. The SMILES string of the molecule is CCc1cc([N+](=O)[O-])c2c(c1N)C(=O)OC2=O. The number of nitro groups is 1. The Morgan fingerprint density at radius 3 is 2.47 bits per heavy atom. The van der Waals surface area contributed by atoms with Crippen LogP contribution in [0.5, 0.6) is 0 Å². The molecule has 0 atom stereocenters. The van der Waals surface area contributed by atoms with E-state index in [9.17, 15) is 19.7 Å². The minimum absolute atomic E-state index is 0.0731. The first kappa shape index (κ1) is 11.1. The van der Waals surface area contributed by atoms with Gasteiger partial charge in [-0.05, 0) is 12.0 Å². The Bertz CT molecular complexity index is 564. The molecule has 7 nitrogen and oxygen atoms in total. The predicted octanol–water partition coefficient (Wildman–Crippen LogP) is 1.05. The van der Waals surface area contributed by atoms with Crippen LogP contribution in [0.1, 0.15) is 33.2 Å². The number of hydrogen-bond donors (Lipinski definition) is 1. The van der Waals surface area contributed by atoms with Gasteiger partial charge < -0.3 is 10.5 Å². The van der Waals surface area contributed by atoms with E-state index in [0.717, 1.165) is 0 Å². The first-order valence-corrected chi connectivity index (χ1v) is 4.83. The summed E-state index contributed by atoms with van der Waals surface area (Å²) in [7, 11) is 0. The lowest BCUT2D eigenvalue weighted by molar-refractivity contribution is -0.385. The van der Waals surface area contributed by atoms with E-state index in [1.807, 2.05) is 0 Å². The standard InChI is InChI=1S/C10H8N2O5/c1-2-4-3-5(12(15)16)6-7(8(4)11)10(14)17-9(6)13/h3H,2,11H2,1H3. The first-order chi connectivity index (χ1) is 7.97. The molecule has 88 valence electrons. The molecule has 17 heavy (non-hydrogen) atoms. The summed E-state index contributed by atoms with van der Waals surface area (Å²) < 4.78 is 4.34. The maximum atomic E-state index is 11.4. The van der Waals surface area contributed by atoms with Gasteiger partial charge >= 0.3 is 11.9 Å². The van der Waals surface area contributed by atoms with Gasteiger partial charge in [-0.15, -0.1) is 0 Å². The number of ether oxygens (including phenoxy) is 1. The molecular weight excluding hydrogens is 228 g/mol. The van der Waals surface area contributed by atoms with Crippen molar-refractivity contribution in [1.82, 2.24) is 0 Å². The Morgan fingerprint density at radius 2 is 1.94 bits per heavy atom. The molecule has 0 bridgehead atoms. The zero-order valence-corrected chi connectivity index (χ0v) is 8.85. The molecule has 0 unspecified atom stereocenters. The molecule has 0 fully saturated rings. The lowest BCUT2D eigenvalue weighted by atomic mass is 9.99. The van der Waals surface area contributed by atoms with Crippen LogP contribution in [0.15, 0.2) is 6.07 Å². The molecular formula is C10H8N2O5. The van der Waals surface area contributed by atoms with Crippen LogP contribution in [0.3, 0.4) is 0 Å². The van der Waals surface area contributed by atoms with Crippen LogP contribution >= 0.6 is 0 Å². The number of cyclic esters (lactones) is 2. The average molecular weight is 236 g/mol. The van der Waals surface area contributed by atoms with Crippen LogP contribution in [0.4, 0.5) is 11.4 Å². The van der Waals surface area contributed by atoms with Crippen molar-refractivity contribution < 1.29 is 19.2 Å². The molecule has 0 amide bonds. The van der Waals surface area contributed by atoms with Crippen molar-refractivity contribution in [3.8, 4) is 0 Å². The highest BCUT2D eigenvalue weighted by Crippen LogP contribution is 2.35. The lowest BCUT2D eigenvalue weighted by Crippen LogP contribution is -2.06. The number of nitrogens with two attached hydrogens (primary N) is 1. The lowest BCUT2D eigenvalue weighted by Gasteiger charge is -2.05. The maximum Gasteiger partial charge on any atom is 0.354 e. The van der Waals surface area contributed by atoms with Gasteiger partial charge in [0, 0.05) is 6.07 Å². The van der Waals surface area contributed by atoms with Gasteiger partial charge in [0.05, 0.1) is 10.6 Å². The van der Waals surface area contributed by atoms with E-state index >= 15 is 0 Å². The monoisotopic (exact) mass is 236 g/mol. The van der Waals surface area contributed by atoms with Crippen molar-refractivity contribution in [3.05, 3.63) is 32.9 Å². The number of nitrogens with zero attached hydrogens (tertiary/aromatic N) is 1. The molecule has 1 aromatic carbocycles. The third-order valence-corrected chi connectivity index (χ3v) is 2.60. The second kappa shape index (κ2) is 3.55. The molecule has 2 N–H and O–H groups in total. The summed E-state index contributed by atoms with van der Waals surface area (Å²) in [6.07, 6.45) is 0.418. The first-order valence-electron chi connectivity index (χ1n) is 4.83. The van der Waals surface area contributed by atoms with Crippen molar-refractivity contribution in [3.63, 3.8) is 0 Å². The maximum absolute atomic E-state index is 11.4. The quantitative estimate of drug-likeness (QED) is 0.270. The van der Waals surface area contributed by atoms with Gasteiger partial charge in [-0.1, -0.05) is 6.92 Å². The minimum Gasteiger partial charge on any atom is -0.398 e. The molecule has 1 aliphatic heterocycles. The average Bonchev–Trinajstić information content (AvgIpc) is 2.55. The molecule has 1 heterocycles. The summed E-state index contributed by atoms with van der Waals surface area (Å²) in [5, 5.41) is 10.8. The molecule has 0 spiro atoms. The third kappa shape index (κ3) is 1.43. The summed E-state index contributed by atoms with van der Waals surface area (Å²) in [6.45, 7) is 1.74. The Morgan fingerprint density at radius 1 is 1.35 bits per heavy atom. The van der Waals surface area contributed by atoms with Crippen molar-refractivity contribution in [2.24, 2.45) is 0 Å².